The van der Waals surface area contributed by atoms with Gasteiger partial charge in [0.15, 0.2) is 5.65 Å². The molecule has 0 aliphatic carbocycles. The van der Waals surface area contributed by atoms with Crippen LogP contribution >= 0.6 is 12.6 Å². The van der Waals surface area contributed by atoms with Gasteiger partial charge in [-0.25, -0.2) is 14.8 Å². The number of fused-ring (bicyclic) bond motifs is 1. The van der Waals surface area contributed by atoms with Gasteiger partial charge in [-0.1, -0.05) is 0 Å². The van der Waals surface area contributed by atoms with Crippen molar-refractivity contribution in [3.8, 4) is 0 Å². The van der Waals surface area contributed by atoms with Crippen LogP contribution in [0.3, 0.4) is 0 Å². The zero-order valence-corrected chi connectivity index (χ0v) is 18.3. The molecule has 4 heterocycles. The van der Waals surface area contributed by atoms with E-state index in [0.717, 1.165) is 42.4 Å². The van der Waals surface area contributed by atoms with E-state index in [1.165, 1.54) is 0 Å². The fourth-order valence-corrected chi connectivity index (χ4v) is 4.64. The Morgan fingerprint density at radius 3 is 2.76 bits per heavy atom. The molecule has 2 aromatic heterocycles. The molecule has 0 unspecified atom stereocenters. The second-order valence-electron chi connectivity index (χ2n) is 9.05. The fraction of sp³-hybridized carbons (Fsp3) is 0.650. The summed E-state index contributed by atoms with van der Waals surface area (Å²) in [6, 6.07) is -0.0689. The summed E-state index contributed by atoms with van der Waals surface area (Å²) in [6.07, 6.45) is 6.80. The zero-order chi connectivity index (χ0) is 20.8. The van der Waals surface area contributed by atoms with Crippen LogP contribution in [0.5, 0.6) is 0 Å². The molecule has 2 aromatic rings. The molecule has 2 aliphatic rings. The van der Waals surface area contributed by atoms with E-state index in [2.05, 4.69) is 32.8 Å². The molecule has 1 amide bonds. The molecule has 4 rings (SSSR count). The molecule has 29 heavy (non-hydrogen) atoms. The minimum atomic E-state index is -0.524. The topological polar surface area (TPSA) is 81.0 Å². The number of carbonyl (C=O) groups excluding carboxylic acids is 1. The first-order valence-electron chi connectivity index (χ1n) is 10.1. The number of nitrogens with zero attached hydrogens (tertiary/aromatic N) is 4. The van der Waals surface area contributed by atoms with Crippen LogP contribution in [0.4, 0.5) is 10.7 Å². The maximum absolute atomic E-state index is 12.4. The number of imidazole rings is 1. The van der Waals surface area contributed by atoms with Crippen LogP contribution in [0, 0.1) is 5.41 Å². The highest BCUT2D eigenvalue weighted by Crippen LogP contribution is 2.43. The Morgan fingerprint density at radius 2 is 2.07 bits per heavy atom. The largest absolute Gasteiger partial charge is 0.444 e. The van der Waals surface area contributed by atoms with Crippen molar-refractivity contribution < 1.29 is 14.3 Å². The van der Waals surface area contributed by atoms with Gasteiger partial charge in [-0.3, -0.25) is 4.40 Å². The summed E-state index contributed by atoms with van der Waals surface area (Å²) >= 11 is 4.44. The number of alkyl carbamates (subject to hydrolysis) is 1. The first-order valence-corrected chi connectivity index (χ1v) is 10.5. The number of rotatable bonds is 2. The summed E-state index contributed by atoms with van der Waals surface area (Å²) in [5.74, 6) is 0.869. The van der Waals surface area contributed by atoms with E-state index in [1.54, 1.807) is 12.4 Å². The van der Waals surface area contributed by atoms with E-state index >= 15 is 0 Å². The van der Waals surface area contributed by atoms with Crippen molar-refractivity contribution in [3.05, 3.63) is 18.6 Å². The van der Waals surface area contributed by atoms with Gasteiger partial charge < -0.3 is 19.7 Å². The summed E-state index contributed by atoms with van der Waals surface area (Å²) in [7, 11) is 0. The Hall–Kier alpha value is -2.00. The Kier molecular flexibility index (Phi) is 5.14. The van der Waals surface area contributed by atoms with E-state index in [4.69, 9.17) is 9.47 Å². The molecule has 2 atom stereocenters. The van der Waals surface area contributed by atoms with Gasteiger partial charge in [-0.2, -0.15) is 0 Å². The predicted octanol–water partition coefficient (Wildman–Crippen LogP) is 2.92. The maximum Gasteiger partial charge on any atom is 0.407 e. The van der Waals surface area contributed by atoms with Crippen molar-refractivity contribution in [2.75, 3.05) is 24.6 Å². The molecule has 8 nitrogen and oxygen atoms in total. The normalized spacial score (nSPS) is 24.2. The Balaban J connectivity index is 1.49. The summed E-state index contributed by atoms with van der Waals surface area (Å²) in [5, 5.41) is 3.09. The van der Waals surface area contributed by atoms with Crippen molar-refractivity contribution >= 4 is 30.3 Å². The van der Waals surface area contributed by atoms with Gasteiger partial charge in [0.25, 0.3) is 0 Å². The van der Waals surface area contributed by atoms with Gasteiger partial charge in [0, 0.05) is 37.1 Å². The maximum atomic E-state index is 12.4. The average molecular weight is 420 g/mol. The quantitative estimate of drug-likeness (QED) is 0.729. The number of ether oxygens (including phenoxy) is 2. The lowest BCUT2D eigenvalue weighted by atomic mass is 9.73. The second kappa shape index (κ2) is 7.36. The number of nitrogens with one attached hydrogen (secondary N) is 1. The predicted molar refractivity (Wildman–Crippen MR) is 113 cm³/mol. The van der Waals surface area contributed by atoms with Crippen LogP contribution < -0.4 is 10.2 Å². The van der Waals surface area contributed by atoms with Crippen molar-refractivity contribution in [1.29, 1.82) is 0 Å². The van der Waals surface area contributed by atoms with Gasteiger partial charge in [0.05, 0.1) is 23.6 Å². The number of aromatic nitrogens is 3. The smallest absolute Gasteiger partial charge is 0.407 e. The molecule has 158 valence electrons. The Morgan fingerprint density at radius 1 is 1.34 bits per heavy atom. The van der Waals surface area contributed by atoms with E-state index in [-0.39, 0.29) is 23.7 Å². The van der Waals surface area contributed by atoms with Gasteiger partial charge in [-0.15, -0.1) is 12.6 Å². The summed E-state index contributed by atoms with van der Waals surface area (Å²) in [4.78, 5) is 24.4. The number of amides is 1. The van der Waals surface area contributed by atoms with Crippen LogP contribution in [0.25, 0.3) is 5.65 Å². The van der Waals surface area contributed by atoms with Crippen LogP contribution in [0.1, 0.15) is 40.5 Å². The average Bonchev–Trinajstić information content (AvgIpc) is 3.24. The van der Waals surface area contributed by atoms with E-state index in [1.807, 2.05) is 38.3 Å². The highest BCUT2D eigenvalue weighted by atomic mass is 32.1. The second-order valence-corrected chi connectivity index (χ2v) is 9.54. The summed E-state index contributed by atoms with van der Waals surface area (Å²) in [5.41, 5.74) is 0.190. The molecule has 2 fully saturated rings. The van der Waals surface area contributed by atoms with E-state index < -0.39 is 5.60 Å². The molecule has 9 heteroatoms. The highest BCUT2D eigenvalue weighted by Gasteiger charge is 2.50. The molecular formula is C20H29N5O3S. The van der Waals surface area contributed by atoms with Crippen LogP contribution in [-0.2, 0) is 9.47 Å². The summed E-state index contributed by atoms with van der Waals surface area (Å²) in [6.45, 7) is 9.93. The first kappa shape index (κ1) is 20.3. The molecule has 0 radical (unpaired) electrons. The van der Waals surface area contributed by atoms with Gasteiger partial charge in [0.1, 0.15) is 5.60 Å². The minimum Gasteiger partial charge on any atom is -0.444 e. The van der Waals surface area contributed by atoms with Crippen LogP contribution in [-0.4, -0.2) is 57.9 Å². The minimum absolute atomic E-state index is 0.0454. The van der Waals surface area contributed by atoms with Crippen molar-refractivity contribution in [2.24, 2.45) is 5.41 Å². The molecule has 0 bridgehead atoms. The third kappa shape index (κ3) is 3.90. The monoisotopic (exact) mass is 419 g/mol. The number of carbonyl (C=O) groups is 1. The standard InChI is InChI=1S/C20H29N5O3S/c1-13-15(23-18(26)28-19(2,3)4)20(12-27-13)5-8-24(9-6-20)17-22-11-14(29)16-21-7-10-25(16)17/h7,10-11,13,15,29H,5-6,8-9,12H2,1-4H3,(H,23,26)/t13-,15+/m0/s1. The molecule has 2 saturated heterocycles. The van der Waals surface area contributed by atoms with Crippen LogP contribution in [0.2, 0.25) is 0 Å². The lowest BCUT2D eigenvalue weighted by Gasteiger charge is -2.43. The van der Waals surface area contributed by atoms with Crippen molar-refractivity contribution in [1.82, 2.24) is 19.7 Å². The third-order valence-corrected chi connectivity index (χ3v) is 6.18. The van der Waals surface area contributed by atoms with Gasteiger partial charge in [0.2, 0.25) is 5.95 Å². The molecule has 0 aromatic carbocycles. The molecule has 1 N–H and O–H groups in total. The molecule has 1 spiro atoms. The van der Waals surface area contributed by atoms with Crippen molar-refractivity contribution in [3.63, 3.8) is 0 Å². The third-order valence-electron chi connectivity index (χ3n) is 5.86. The first-order chi connectivity index (χ1) is 13.7. The van der Waals surface area contributed by atoms with Crippen LogP contribution in [0.15, 0.2) is 23.5 Å². The van der Waals surface area contributed by atoms with Gasteiger partial charge >= 0.3 is 6.09 Å². The molecular weight excluding hydrogens is 390 g/mol. The van der Waals surface area contributed by atoms with E-state index in [9.17, 15) is 4.79 Å². The zero-order valence-electron chi connectivity index (χ0n) is 17.4. The molecule has 0 saturated carbocycles. The lowest BCUT2D eigenvalue weighted by molar-refractivity contribution is 0.0434. The Labute approximate surface area is 176 Å². The van der Waals surface area contributed by atoms with Crippen molar-refractivity contribution in [2.45, 2.75) is 63.2 Å². The number of piperidine rings is 1. The SMILES string of the molecule is C[C@@H]1OCC2(CCN(c3ncc(S)c4nccn34)CC2)[C@@H]1NC(=O)OC(C)(C)C. The lowest BCUT2D eigenvalue weighted by Crippen LogP contribution is -2.55. The number of hydrogen-bond acceptors (Lipinski definition) is 7. The van der Waals surface area contributed by atoms with E-state index in [0.29, 0.717) is 6.61 Å². The number of hydrogen-bond donors (Lipinski definition) is 2. The number of anilines is 1. The summed E-state index contributed by atoms with van der Waals surface area (Å²) < 4.78 is 13.4. The Bertz CT molecular complexity index is 901. The fourth-order valence-electron chi connectivity index (χ4n) is 4.42. The number of thiol groups is 1. The highest BCUT2D eigenvalue weighted by molar-refractivity contribution is 7.80. The molecule has 2 aliphatic heterocycles. The van der Waals surface area contributed by atoms with Gasteiger partial charge in [-0.05, 0) is 40.5 Å².